The lowest BCUT2D eigenvalue weighted by Crippen LogP contribution is -2.02. The van der Waals surface area contributed by atoms with Gasteiger partial charge in [-0.15, -0.1) is 0 Å². The van der Waals surface area contributed by atoms with Crippen LogP contribution in [0.4, 0.5) is 4.39 Å². The van der Waals surface area contributed by atoms with Gasteiger partial charge in [-0.2, -0.15) is 5.26 Å². The number of rotatable bonds is 3. The Balaban J connectivity index is 2.40. The first-order chi connectivity index (χ1) is 8.74. The molecule has 2 aromatic rings. The number of hydrogen-bond acceptors (Lipinski definition) is 2. The molecule has 2 N–H and O–H groups in total. The summed E-state index contributed by atoms with van der Waals surface area (Å²) in [4.78, 5) is 0. The zero-order chi connectivity index (χ0) is 13.0. The van der Waals surface area contributed by atoms with E-state index in [2.05, 4.69) is 0 Å². The predicted molar refractivity (Wildman–Crippen MR) is 69.3 cm³/mol. The van der Waals surface area contributed by atoms with E-state index < -0.39 is 5.82 Å². The van der Waals surface area contributed by atoms with Crippen molar-refractivity contribution in [2.45, 2.75) is 6.42 Å². The fourth-order valence-electron chi connectivity index (χ4n) is 1.86. The second-order valence-electron chi connectivity index (χ2n) is 4.05. The summed E-state index contributed by atoms with van der Waals surface area (Å²) in [5, 5.41) is 8.69. The molecule has 2 nitrogen and oxygen atoms in total. The lowest BCUT2D eigenvalue weighted by molar-refractivity contribution is 0.624. The fourth-order valence-corrected chi connectivity index (χ4v) is 1.86. The molecular weight excluding hydrogens is 227 g/mol. The standard InChI is InChI=1S/C15H13FN2/c16-15-9-13(4-5-14(15)10-18)12-3-1-2-11(8-12)6-7-17/h1-5,8-9H,6-7,17H2. The van der Waals surface area contributed by atoms with Crippen molar-refractivity contribution in [1.82, 2.24) is 0 Å². The smallest absolute Gasteiger partial charge is 0.141 e. The van der Waals surface area contributed by atoms with Crippen molar-refractivity contribution in [3.05, 3.63) is 59.4 Å². The summed E-state index contributed by atoms with van der Waals surface area (Å²) in [7, 11) is 0. The molecule has 18 heavy (non-hydrogen) atoms. The SMILES string of the molecule is N#Cc1ccc(-c2cccc(CCN)c2)cc1F. The molecule has 0 heterocycles. The van der Waals surface area contributed by atoms with E-state index in [4.69, 9.17) is 11.0 Å². The Morgan fingerprint density at radius 1 is 1.11 bits per heavy atom. The van der Waals surface area contributed by atoms with Crippen LogP contribution in [-0.2, 0) is 6.42 Å². The quantitative estimate of drug-likeness (QED) is 0.896. The molecule has 3 heteroatoms. The van der Waals surface area contributed by atoms with Crippen molar-refractivity contribution in [1.29, 1.82) is 5.26 Å². The van der Waals surface area contributed by atoms with Crippen molar-refractivity contribution < 1.29 is 4.39 Å². The third-order valence-corrected chi connectivity index (χ3v) is 2.78. The molecule has 90 valence electrons. The van der Waals surface area contributed by atoms with Gasteiger partial charge in [0.25, 0.3) is 0 Å². The topological polar surface area (TPSA) is 49.8 Å². The summed E-state index contributed by atoms with van der Waals surface area (Å²) >= 11 is 0. The average Bonchev–Trinajstić information content (AvgIpc) is 2.39. The third kappa shape index (κ3) is 2.55. The van der Waals surface area contributed by atoms with E-state index in [-0.39, 0.29) is 5.56 Å². The van der Waals surface area contributed by atoms with E-state index in [0.717, 1.165) is 23.1 Å². The van der Waals surface area contributed by atoms with Crippen LogP contribution >= 0.6 is 0 Å². The molecule has 0 spiro atoms. The number of benzene rings is 2. The minimum Gasteiger partial charge on any atom is -0.330 e. The molecule has 0 saturated carbocycles. The molecule has 0 amide bonds. The summed E-state index contributed by atoms with van der Waals surface area (Å²) in [5.41, 5.74) is 8.41. The second kappa shape index (κ2) is 5.44. The summed E-state index contributed by atoms with van der Waals surface area (Å²) in [6.07, 6.45) is 0.798. The molecule has 0 aromatic heterocycles. The van der Waals surface area contributed by atoms with E-state index in [1.807, 2.05) is 30.3 Å². The monoisotopic (exact) mass is 240 g/mol. The van der Waals surface area contributed by atoms with Crippen LogP contribution in [0.5, 0.6) is 0 Å². The highest BCUT2D eigenvalue weighted by Crippen LogP contribution is 2.22. The van der Waals surface area contributed by atoms with Crippen molar-refractivity contribution in [3.63, 3.8) is 0 Å². The lowest BCUT2D eigenvalue weighted by Gasteiger charge is -2.05. The normalized spacial score (nSPS) is 10.1. The highest BCUT2D eigenvalue weighted by Gasteiger charge is 2.05. The molecule has 0 atom stereocenters. The van der Waals surface area contributed by atoms with Gasteiger partial charge in [0.1, 0.15) is 11.9 Å². The minimum absolute atomic E-state index is 0.0665. The Hall–Kier alpha value is -2.18. The van der Waals surface area contributed by atoms with Gasteiger partial charge in [-0.1, -0.05) is 30.3 Å². The van der Waals surface area contributed by atoms with Crippen LogP contribution < -0.4 is 5.73 Å². The molecule has 0 aliphatic heterocycles. The number of hydrogen-bond donors (Lipinski definition) is 1. The van der Waals surface area contributed by atoms with E-state index in [9.17, 15) is 4.39 Å². The van der Waals surface area contributed by atoms with Crippen LogP contribution in [0.25, 0.3) is 11.1 Å². The zero-order valence-corrected chi connectivity index (χ0v) is 9.86. The lowest BCUT2D eigenvalue weighted by atomic mass is 10.0. The van der Waals surface area contributed by atoms with Gasteiger partial charge < -0.3 is 5.73 Å². The van der Waals surface area contributed by atoms with Gasteiger partial charge in [-0.05, 0) is 41.8 Å². The first-order valence-corrected chi connectivity index (χ1v) is 5.73. The largest absolute Gasteiger partial charge is 0.330 e. The van der Waals surface area contributed by atoms with Gasteiger partial charge >= 0.3 is 0 Å². The van der Waals surface area contributed by atoms with Crippen LogP contribution in [0.1, 0.15) is 11.1 Å². The highest BCUT2D eigenvalue weighted by atomic mass is 19.1. The van der Waals surface area contributed by atoms with Gasteiger partial charge in [0.2, 0.25) is 0 Å². The van der Waals surface area contributed by atoms with Gasteiger partial charge in [0.15, 0.2) is 0 Å². The molecule has 0 unspecified atom stereocenters. The third-order valence-electron chi connectivity index (χ3n) is 2.78. The van der Waals surface area contributed by atoms with E-state index in [1.165, 1.54) is 12.1 Å². The highest BCUT2D eigenvalue weighted by molar-refractivity contribution is 5.65. The van der Waals surface area contributed by atoms with Gasteiger partial charge in [0, 0.05) is 0 Å². The summed E-state index contributed by atoms with van der Waals surface area (Å²) in [6.45, 7) is 0.588. The number of halogens is 1. The summed E-state index contributed by atoms with van der Waals surface area (Å²) < 4.78 is 13.5. The molecule has 2 aromatic carbocycles. The molecule has 0 fully saturated rings. The first-order valence-electron chi connectivity index (χ1n) is 5.73. The average molecular weight is 240 g/mol. The zero-order valence-electron chi connectivity index (χ0n) is 9.86. The Bertz CT molecular complexity index is 600. The van der Waals surface area contributed by atoms with Crippen molar-refractivity contribution >= 4 is 0 Å². The molecule has 2 rings (SSSR count). The van der Waals surface area contributed by atoms with Crippen LogP contribution in [-0.4, -0.2) is 6.54 Å². The Morgan fingerprint density at radius 3 is 2.56 bits per heavy atom. The number of nitriles is 1. The van der Waals surface area contributed by atoms with Gasteiger partial charge in [-0.3, -0.25) is 0 Å². The van der Waals surface area contributed by atoms with Gasteiger partial charge in [-0.25, -0.2) is 4.39 Å². The van der Waals surface area contributed by atoms with Crippen molar-refractivity contribution in [2.24, 2.45) is 5.73 Å². The van der Waals surface area contributed by atoms with E-state index in [0.29, 0.717) is 6.54 Å². The molecular formula is C15H13FN2. The predicted octanol–water partition coefficient (Wildman–Crippen LogP) is 2.87. The van der Waals surface area contributed by atoms with Crippen LogP contribution in [0, 0.1) is 17.1 Å². The van der Waals surface area contributed by atoms with Crippen LogP contribution in [0.15, 0.2) is 42.5 Å². The maximum absolute atomic E-state index is 13.5. The minimum atomic E-state index is -0.487. The summed E-state index contributed by atoms with van der Waals surface area (Å²) in [6, 6.07) is 14.3. The maximum atomic E-state index is 13.5. The number of nitrogens with two attached hydrogens (primary N) is 1. The molecule has 0 aliphatic rings. The van der Waals surface area contributed by atoms with Gasteiger partial charge in [0.05, 0.1) is 5.56 Å². The van der Waals surface area contributed by atoms with E-state index in [1.54, 1.807) is 6.07 Å². The molecule has 0 saturated heterocycles. The molecule has 0 aliphatic carbocycles. The molecule has 0 radical (unpaired) electrons. The maximum Gasteiger partial charge on any atom is 0.141 e. The Kier molecular flexibility index (Phi) is 3.71. The first kappa shape index (κ1) is 12.3. The second-order valence-corrected chi connectivity index (χ2v) is 4.05. The number of nitrogens with zero attached hydrogens (tertiary/aromatic N) is 1. The summed E-state index contributed by atoms with van der Waals surface area (Å²) in [5.74, 6) is -0.487. The van der Waals surface area contributed by atoms with Crippen LogP contribution in [0.2, 0.25) is 0 Å². The van der Waals surface area contributed by atoms with E-state index >= 15 is 0 Å². The van der Waals surface area contributed by atoms with Crippen molar-refractivity contribution in [2.75, 3.05) is 6.54 Å². The fraction of sp³-hybridized carbons (Fsp3) is 0.133. The molecule has 0 bridgehead atoms. The van der Waals surface area contributed by atoms with Crippen molar-refractivity contribution in [3.8, 4) is 17.2 Å². The van der Waals surface area contributed by atoms with Crippen LogP contribution in [0.3, 0.4) is 0 Å². The Labute approximate surface area is 105 Å². The Morgan fingerprint density at radius 2 is 1.89 bits per heavy atom.